The van der Waals surface area contributed by atoms with E-state index in [4.69, 9.17) is 28.7 Å². The molecule has 18 nitrogen and oxygen atoms in total. The molecule has 342 valence electrons. The molecule has 0 aromatic carbocycles. The van der Waals surface area contributed by atoms with Crippen LogP contribution in [0.3, 0.4) is 0 Å². The van der Waals surface area contributed by atoms with E-state index in [9.17, 15) is 43.2 Å². The van der Waals surface area contributed by atoms with Crippen LogP contribution in [0.5, 0.6) is 0 Å². The predicted molar refractivity (Wildman–Crippen MR) is 255 cm³/mol. The summed E-state index contributed by atoms with van der Waals surface area (Å²) in [7, 11) is 0. The Morgan fingerprint density at radius 2 is 0.898 bits per heavy atom. The first kappa shape index (κ1) is 53.4. The zero-order valence-electron chi connectivity index (χ0n) is 37.4. The maximum Gasteiger partial charge on any atom is 0.242 e. The summed E-state index contributed by atoms with van der Waals surface area (Å²) in [4.78, 5) is 103. The topological polar surface area (TPSA) is 262 Å². The smallest absolute Gasteiger partial charge is 0.242 e. The van der Waals surface area contributed by atoms with E-state index in [0.717, 1.165) is 13.3 Å². The largest absolute Gasteiger partial charge is 0.355 e. The van der Waals surface area contributed by atoms with E-state index in [2.05, 4.69) is 74.4 Å². The van der Waals surface area contributed by atoms with Crippen LogP contribution >= 0.6 is 100 Å². The van der Waals surface area contributed by atoms with E-state index in [0.29, 0.717) is 73.7 Å². The summed E-state index contributed by atoms with van der Waals surface area (Å²) in [5.41, 5.74) is 0. The molecule has 0 saturated heterocycles. The number of halogens is 6. The highest BCUT2D eigenvalue weighted by Gasteiger charge is 2.21. The maximum absolute atomic E-state index is 12.2. The first-order valence-corrected chi connectivity index (χ1v) is 24.8. The van der Waals surface area contributed by atoms with Crippen LogP contribution in [0.15, 0.2) is 0 Å². The van der Waals surface area contributed by atoms with Gasteiger partial charge in [-0.15, -0.1) is 23.2 Å². The Labute approximate surface area is 407 Å². The van der Waals surface area contributed by atoms with Crippen LogP contribution in [0, 0.1) is 0 Å². The fraction of sp³-hybridized carbons (Fsp3) is 0.743. The number of amides is 9. The van der Waals surface area contributed by atoms with E-state index >= 15 is 0 Å². The average Bonchev–Trinajstić information content (AvgIpc) is 3.24. The van der Waals surface area contributed by atoms with Crippen molar-refractivity contribution in [1.29, 1.82) is 0 Å². The second kappa shape index (κ2) is 42.9. The van der Waals surface area contributed by atoms with Crippen LogP contribution in [0.4, 0.5) is 0 Å². The van der Waals surface area contributed by atoms with Crippen molar-refractivity contribution >= 4 is 153 Å². The summed E-state index contributed by atoms with van der Waals surface area (Å²) < 4.78 is 30.7. The SMILES string of the molecule is CCCNC(=O)C(CCCNC(=O)CBr)NC(=O)CBr.CCNC(=O)C(CCCNC(=O)CI)NC(=O)CCl.[2H]C([2H])(C)C([2H])([2H])NC(=O)C(CCCNC(=O)CI)NC(=O)CCl. The van der Waals surface area contributed by atoms with Gasteiger partial charge < -0.3 is 47.9 Å². The first-order chi connectivity index (χ1) is 29.5. The maximum atomic E-state index is 12.2. The van der Waals surface area contributed by atoms with Gasteiger partial charge in [0.2, 0.25) is 53.2 Å². The van der Waals surface area contributed by atoms with Crippen LogP contribution in [-0.2, 0) is 43.2 Å². The lowest BCUT2D eigenvalue weighted by molar-refractivity contribution is -0.128. The highest BCUT2D eigenvalue weighted by molar-refractivity contribution is 14.1. The van der Waals surface area contributed by atoms with Crippen molar-refractivity contribution in [3.63, 3.8) is 0 Å². The molecule has 3 atom stereocenters. The Hall–Kier alpha value is -1.77. The van der Waals surface area contributed by atoms with Crippen molar-refractivity contribution in [2.45, 2.75) is 90.2 Å². The lowest BCUT2D eigenvalue weighted by Gasteiger charge is -2.18. The third-order valence-corrected chi connectivity index (χ3v) is 9.76. The van der Waals surface area contributed by atoms with Crippen LogP contribution < -0.4 is 47.9 Å². The Morgan fingerprint density at radius 1 is 0.525 bits per heavy atom. The quantitative estimate of drug-likeness (QED) is 0.0298. The second-order valence-electron chi connectivity index (χ2n) is 11.7. The molecule has 0 saturated carbocycles. The minimum atomic E-state index is -2.61. The van der Waals surface area contributed by atoms with E-state index in [-0.39, 0.29) is 70.2 Å². The number of carbonyl (C=O) groups excluding carboxylic acids is 9. The van der Waals surface area contributed by atoms with Crippen LogP contribution in [0.2, 0.25) is 0 Å². The third-order valence-electron chi connectivity index (χ3n) is 6.87. The molecule has 0 heterocycles. The fourth-order valence-corrected chi connectivity index (χ4v) is 5.18. The van der Waals surface area contributed by atoms with Gasteiger partial charge in [0.05, 0.1) is 19.5 Å². The van der Waals surface area contributed by atoms with E-state index in [1.807, 2.05) is 57.4 Å². The number of hydrogen-bond acceptors (Lipinski definition) is 9. The van der Waals surface area contributed by atoms with Crippen molar-refractivity contribution in [1.82, 2.24) is 47.9 Å². The summed E-state index contributed by atoms with van der Waals surface area (Å²) >= 11 is 20.8. The van der Waals surface area contributed by atoms with Gasteiger partial charge >= 0.3 is 0 Å². The molecule has 0 rings (SSSR count). The van der Waals surface area contributed by atoms with Gasteiger partial charge in [-0.3, -0.25) is 43.2 Å². The molecule has 0 aromatic rings. The average molecular weight is 1240 g/mol. The molecule has 0 aromatic heterocycles. The van der Waals surface area contributed by atoms with Gasteiger partial charge in [-0.05, 0) is 58.2 Å². The molecule has 3 unspecified atom stereocenters. The van der Waals surface area contributed by atoms with E-state index < -0.39 is 42.8 Å². The van der Waals surface area contributed by atoms with Crippen LogP contribution in [0.25, 0.3) is 0 Å². The Kier molecular flexibility index (Phi) is 38.8. The van der Waals surface area contributed by atoms with Crippen molar-refractivity contribution in [2.24, 2.45) is 0 Å². The summed E-state index contributed by atoms with van der Waals surface area (Å²) in [6.45, 7) is 4.49. The van der Waals surface area contributed by atoms with Gasteiger partial charge in [-0.2, -0.15) is 0 Å². The van der Waals surface area contributed by atoms with Crippen molar-refractivity contribution < 1.29 is 48.6 Å². The molecule has 0 aliphatic rings. The van der Waals surface area contributed by atoms with Crippen molar-refractivity contribution in [3.8, 4) is 0 Å². The fourth-order valence-electron chi connectivity index (χ4n) is 4.13. The van der Waals surface area contributed by atoms with Gasteiger partial charge in [0, 0.05) is 44.7 Å². The standard InChI is InChI=1S/C12H21Br2N3O3.C12H21ClIN3O3.C11H19ClIN3O3/c1-2-5-16-12(20)9(17-11(19)8-14)4-3-6-15-10(18)7-13;1-2-5-16-12(20)9(17-10(18)7-13)4-3-6-15-11(19)8-14;1-2-14-11(19)8(16-9(17)6-12)4-3-5-15-10(18)7-13/h9H,2-8H2,1H3,(H,15,18)(H,16,20)(H,17,19);9H,2-8H2,1H3,(H,15,19)(H,16,20)(H,17,18);8H,2-7H2,1H3,(H,14,19)(H,15,18)(H,16,17)/i;2D2,5D2;. The predicted octanol–water partition coefficient (Wildman–Crippen LogP) is 1.43. The Morgan fingerprint density at radius 3 is 1.24 bits per heavy atom. The first-order valence-electron chi connectivity index (χ1n) is 20.5. The number of likely N-dealkylation sites (N-methyl/N-ethyl adjacent to an activating group) is 1. The highest BCUT2D eigenvalue weighted by atomic mass is 127. The molecule has 0 radical (unpaired) electrons. The van der Waals surface area contributed by atoms with E-state index in [1.54, 1.807) is 6.92 Å². The Bertz CT molecular complexity index is 1440. The lowest BCUT2D eigenvalue weighted by Crippen LogP contribution is -2.47. The molecule has 0 bridgehead atoms. The molecule has 9 amide bonds. The minimum absolute atomic E-state index is 0.0417. The lowest BCUT2D eigenvalue weighted by atomic mass is 10.1. The number of alkyl halides is 6. The summed E-state index contributed by atoms with van der Waals surface area (Å²) in [5.74, 6) is -3.33. The number of carbonyl (C=O) groups is 9. The van der Waals surface area contributed by atoms with Crippen LogP contribution in [0.1, 0.15) is 77.6 Å². The molecule has 0 aliphatic carbocycles. The second-order valence-corrected chi connectivity index (χ2v) is 14.9. The summed E-state index contributed by atoms with van der Waals surface area (Å²) in [5, 5.41) is 23.4. The van der Waals surface area contributed by atoms with Crippen LogP contribution in [-0.4, -0.2) is 142 Å². The molecule has 9 N–H and O–H groups in total. The molecule has 24 heteroatoms. The highest BCUT2D eigenvalue weighted by Crippen LogP contribution is 2.01. The number of nitrogens with one attached hydrogen (secondary N) is 9. The van der Waals surface area contributed by atoms with Gasteiger partial charge in [-0.25, -0.2) is 0 Å². The molecule has 0 aliphatic heterocycles. The molecule has 59 heavy (non-hydrogen) atoms. The molecule has 0 spiro atoms. The zero-order chi connectivity index (χ0) is 49.0. The van der Waals surface area contributed by atoms with Gasteiger partial charge in [0.15, 0.2) is 0 Å². The Balaban J connectivity index is -0.000000864. The number of hydrogen-bond donors (Lipinski definition) is 9. The minimum Gasteiger partial charge on any atom is -0.355 e. The monoisotopic (exact) mass is 1240 g/mol. The third kappa shape index (κ3) is 37.7. The normalized spacial score (nSPS) is 13.0. The number of rotatable bonds is 29. The molecular formula is C35H61Br2Cl2I2N9O9. The van der Waals surface area contributed by atoms with Gasteiger partial charge in [-0.1, -0.05) is 90.9 Å². The van der Waals surface area contributed by atoms with Crippen molar-refractivity contribution in [2.75, 3.05) is 70.5 Å². The zero-order valence-corrected chi connectivity index (χ0v) is 42.4. The van der Waals surface area contributed by atoms with Gasteiger partial charge in [0.1, 0.15) is 29.9 Å². The molecular weight excluding hydrogens is 1170 g/mol. The van der Waals surface area contributed by atoms with Gasteiger partial charge in [0.25, 0.3) is 0 Å². The van der Waals surface area contributed by atoms with Crippen molar-refractivity contribution in [3.05, 3.63) is 0 Å². The summed E-state index contributed by atoms with van der Waals surface area (Å²) in [6.07, 6.45) is 1.19. The van der Waals surface area contributed by atoms with E-state index in [1.165, 1.54) is 0 Å². The molecule has 0 fully saturated rings. The summed E-state index contributed by atoms with van der Waals surface area (Å²) in [6, 6.07) is -2.25.